The highest BCUT2D eigenvalue weighted by Gasteiger charge is 2.19. The lowest BCUT2D eigenvalue weighted by molar-refractivity contribution is -0.137. The van der Waals surface area contributed by atoms with E-state index in [1.54, 1.807) is 0 Å². The lowest BCUT2D eigenvalue weighted by Gasteiger charge is -2.18. The Morgan fingerprint density at radius 1 is 1.44 bits per heavy atom. The Hall–Kier alpha value is -1.06. The van der Waals surface area contributed by atoms with Gasteiger partial charge in [-0.1, -0.05) is 23.7 Å². The molecule has 1 unspecified atom stereocenters. The fraction of sp³-hybridized carbons (Fsp3) is 0.417. The molecule has 0 fully saturated rings. The largest absolute Gasteiger partial charge is 0.481 e. The van der Waals surface area contributed by atoms with Crippen LogP contribution in [-0.4, -0.2) is 17.6 Å². The van der Waals surface area contributed by atoms with Gasteiger partial charge >= 0.3 is 5.97 Å². The molecule has 16 heavy (non-hydrogen) atoms. The van der Waals surface area contributed by atoms with Gasteiger partial charge < -0.3 is 10.8 Å². The van der Waals surface area contributed by atoms with Crippen molar-refractivity contribution in [3.63, 3.8) is 0 Å². The van der Waals surface area contributed by atoms with Crippen LogP contribution in [0.3, 0.4) is 0 Å². The van der Waals surface area contributed by atoms with E-state index in [-0.39, 0.29) is 18.9 Å². The van der Waals surface area contributed by atoms with Crippen LogP contribution in [0.4, 0.5) is 0 Å². The molecule has 0 spiro atoms. The summed E-state index contributed by atoms with van der Waals surface area (Å²) >= 11 is 6.21. The van der Waals surface area contributed by atoms with E-state index in [1.165, 1.54) is 0 Å². The van der Waals surface area contributed by atoms with Crippen LogP contribution in [0.1, 0.15) is 29.0 Å². The smallest absolute Gasteiger partial charge is 0.304 e. The van der Waals surface area contributed by atoms with Crippen molar-refractivity contribution in [3.05, 3.63) is 33.8 Å². The Bertz CT molecular complexity index is 404. The maximum atomic E-state index is 10.8. The van der Waals surface area contributed by atoms with E-state index in [4.69, 9.17) is 22.4 Å². The zero-order valence-corrected chi connectivity index (χ0v) is 10.2. The molecular formula is C12H16ClNO2. The summed E-state index contributed by atoms with van der Waals surface area (Å²) < 4.78 is 0. The normalized spacial score (nSPS) is 12.5. The lowest BCUT2D eigenvalue weighted by atomic mass is 9.90. The minimum Gasteiger partial charge on any atom is -0.481 e. The molecule has 1 aromatic carbocycles. The molecule has 1 atom stereocenters. The van der Waals surface area contributed by atoms with Crippen LogP contribution in [-0.2, 0) is 4.79 Å². The van der Waals surface area contributed by atoms with Crippen LogP contribution >= 0.6 is 11.6 Å². The molecular weight excluding hydrogens is 226 g/mol. The first-order chi connectivity index (χ1) is 7.47. The van der Waals surface area contributed by atoms with Crippen molar-refractivity contribution < 1.29 is 9.90 Å². The van der Waals surface area contributed by atoms with Gasteiger partial charge in [-0.15, -0.1) is 0 Å². The monoisotopic (exact) mass is 241 g/mol. The van der Waals surface area contributed by atoms with Gasteiger partial charge in [0, 0.05) is 10.9 Å². The number of aliphatic carboxylic acids is 1. The number of aryl methyl sites for hydroxylation is 2. The van der Waals surface area contributed by atoms with E-state index in [2.05, 4.69) is 0 Å². The van der Waals surface area contributed by atoms with E-state index in [9.17, 15) is 4.79 Å². The summed E-state index contributed by atoms with van der Waals surface area (Å²) in [6.07, 6.45) is 0.0144. The molecule has 0 saturated carbocycles. The quantitative estimate of drug-likeness (QED) is 0.851. The number of rotatable bonds is 4. The van der Waals surface area contributed by atoms with Crippen LogP contribution in [0, 0.1) is 13.8 Å². The van der Waals surface area contributed by atoms with Crippen molar-refractivity contribution in [1.82, 2.24) is 0 Å². The number of halogens is 1. The van der Waals surface area contributed by atoms with Crippen molar-refractivity contribution in [3.8, 4) is 0 Å². The molecule has 0 radical (unpaired) electrons. The van der Waals surface area contributed by atoms with Gasteiger partial charge in [-0.3, -0.25) is 4.79 Å². The van der Waals surface area contributed by atoms with Crippen LogP contribution in [0.2, 0.25) is 5.02 Å². The third kappa shape index (κ3) is 2.74. The van der Waals surface area contributed by atoms with E-state index < -0.39 is 5.97 Å². The van der Waals surface area contributed by atoms with Crippen LogP contribution < -0.4 is 5.73 Å². The Kier molecular flexibility index (Phi) is 4.33. The Labute approximate surface area is 100 Å². The highest BCUT2D eigenvalue weighted by Crippen LogP contribution is 2.32. The van der Waals surface area contributed by atoms with Gasteiger partial charge in [0.1, 0.15) is 0 Å². The van der Waals surface area contributed by atoms with Crippen molar-refractivity contribution in [2.75, 3.05) is 6.54 Å². The van der Waals surface area contributed by atoms with Gasteiger partial charge in [0.2, 0.25) is 0 Å². The standard InChI is InChI=1S/C12H16ClNO2/c1-7-3-4-8(2)12(13)11(7)9(6-14)5-10(15)16/h3-4,9H,5-6,14H2,1-2H3,(H,15,16). The van der Waals surface area contributed by atoms with Crippen LogP contribution in [0.25, 0.3) is 0 Å². The second kappa shape index (κ2) is 5.32. The minimum absolute atomic E-state index is 0.0144. The van der Waals surface area contributed by atoms with Gasteiger partial charge in [-0.25, -0.2) is 0 Å². The van der Waals surface area contributed by atoms with Gasteiger partial charge in [-0.2, -0.15) is 0 Å². The number of hydrogen-bond donors (Lipinski definition) is 2. The third-order valence-electron chi connectivity index (χ3n) is 2.70. The average molecular weight is 242 g/mol. The van der Waals surface area contributed by atoms with E-state index in [0.717, 1.165) is 16.7 Å². The van der Waals surface area contributed by atoms with Crippen molar-refractivity contribution in [1.29, 1.82) is 0 Å². The van der Waals surface area contributed by atoms with Crippen LogP contribution in [0.5, 0.6) is 0 Å². The summed E-state index contributed by atoms with van der Waals surface area (Å²) in [5.74, 6) is -1.07. The second-order valence-corrected chi connectivity index (χ2v) is 4.34. The molecule has 88 valence electrons. The molecule has 0 heterocycles. The van der Waals surface area contributed by atoms with Gasteiger partial charge in [0.25, 0.3) is 0 Å². The number of carboxylic acids is 1. The predicted molar refractivity (Wildman–Crippen MR) is 65.0 cm³/mol. The maximum Gasteiger partial charge on any atom is 0.304 e. The first-order valence-corrected chi connectivity index (χ1v) is 5.52. The zero-order chi connectivity index (χ0) is 12.3. The Morgan fingerprint density at radius 3 is 2.50 bits per heavy atom. The van der Waals surface area contributed by atoms with Crippen LogP contribution in [0.15, 0.2) is 12.1 Å². The van der Waals surface area contributed by atoms with Gasteiger partial charge in [-0.05, 0) is 37.1 Å². The molecule has 0 aliphatic carbocycles. The summed E-state index contributed by atoms with van der Waals surface area (Å²) in [6.45, 7) is 4.11. The number of benzene rings is 1. The highest BCUT2D eigenvalue weighted by molar-refractivity contribution is 6.32. The summed E-state index contributed by atoms with van der Waals surface area (Å²) in [6, 6.07) is 3.87. The third-order valence-corrected chi connectivity index (χ3v) is 3.21. The molecule has 1 aromatic rings. The topological polar surface area (TPSA) is 63.3 Å². The molecule has 4 heteroatoms. The van der Waals surface area contributed by atoms with Crippen molar-refractivity contribution in [2.45, 2.75) is 26.2 Å². The highest BCUT2D eigenvalue weighted by atomic mass is 35.5. The SMILES string of the molecule is Cc1ccc(C)c(C(CN)CC(=O)O)c1Cl. The second-order valence-electron chi connectivity index (χ2n) is 3.96. The van der Waals surface area contributed by atoms with E-state index in [0.29, 0.717) is 5.02 Å². The van der Waals surface area contributed by atoms with Crippen molar-refractivity contribution >= 4 is 17.6 Å². The summed E-state index contributed by atoms with van der Waals surface area (Å²) in [4.78, 5) is 10.8. The molecule has 0 aliphatic rings. The van der Waals surface area contributed by atoms with Crippen molar-refractivity contribution in [2.24, 2.45) is 5.73 Å². The number of carbonyl (C=O) groups is 1. The summed E-state index contributed by atoms with van der Waals surface area (Å²) in [7, 11) is 0. The summed E-state index contributed by atoms with van der Waals surface area (Å²) in [5, 5.41) is 9.46. The number of nitrogens with two attached hydrogens (primary N) is 1. The minimum atomic E-state index is -0.854. The zero-order valence-electron chi connectivity index (χ0n) is 9.46. The molecule has 0 amide bonds. The Balaban J connectivity index is 3.18. The molecule has 3 nitrogen and oxygen atoms in total. The average Bonchev–Trinajstić information content (AvgIpc) is 2.22. The predicted octanol–water partition coefficient (Wildman–Crippen LogP) is 2.47. The summed E-state index contributed by atoms with van der Waals surface area (Å²) in [5.41, 5.74) is 8.43. The van der Waals surface area contributed by atoms with Gasteiger partial charge in [0.05, 0.1) is 6.42 Å². The first kappa shape index (κ1) is 13.0. The fourth-order valence-corrected chi connectivity index (χ4v) is 2.18. The molecule has 1 rings (SSSR count). The molecule has 0 bridgehead atoms. The molecule has 0 aliphatic heterocycles. The number of hydrogen-bond acceptors (Lipinski definition) is 2. The first-order valence-electron chi connectivity index (χ1n) is 5.14. The number of carboxylic acid groups (broad SMARTS) is 1. The Morgan fingerprint density at radius 2 is 2.00 bits per heavy atom. The fourth-order valence-electron chi connectivity index (χ4n) is 1.81. The molecule has 3 N–H and O–H groups in total. The van der Waals surface area contributed by atoms with E-state index in [1.807, 2.05) is 26.0 Å². The maximum absolute atomic E-state index is 10.8. The molecule has 0 aromatic heterocycles. The lowest BCUT2D eigenvalue weighted by Crippen LogP contribution is -2.18. The van der Waals surface area contributed by atoms with Gasteiger partial charge in [0.15, 0.2) is 0 Å². The van der Waals surface area contributed by atoms with E-state index >= 15 is 0 Å². The molecule has 0 saturated heterocycles.